The third-order valence-corrected chi connectivity index (χ3v) is 15.5. The molecule has 0 radical (unpaired) electrons. The number of carbonyl (C=O) groups is 4. The molecule has 4 amide bonds. The predicted octanol–water partition coefficient (Wildman–Crippen LogP) is 17.2. The first-order chi connectivity index (χ1) is 34.2. The number of nitrogens with zero attached hydrogens (tertiary/aromatic N) is 4. The van der Waals surface area contributed by atoms with Gasteiger partial charge in [0.05, 0.1) is 33.3 Å². The summed E-state index contributed by atoms with van der Waals surface area (Å²) in [6.45, 7) is 8.94. The van der Waals surface area contributed by atoms with Crippen LogP contribution in [-0.2, 0) is 0 Å². The van der Waals surface area contributed by atoms with Crippen molar-refractivity contribution in [3.8, 4) is 0 Å². The Balaban J connectivity index is 1.35. The maximum Gasteiger partial charge on any atom is 0.264 e. The minimum atomic E-state index is -1.47. The highest BCUT2D eigenvalue weighted by Gasteiger charge is 2.47. The zero-order chi connectivity index (χ0) is 49.8. The molecule has 2 aliphatic heterocycles. The molecule has 3 heterocycles. The molecule has 3 aromatic carbocycles. The van der Waals surface area contributed by atoms with Gasteiger partial charge in [0, 0.05) is 23.9 Å². The molecule has 8 nitrogen and oxygen atoms in total. The lowest BCUT2D eigenvalue weighted by atomic mass is 9.82. The smallest absolute Gasteiger partial charge is 0.264 e. The van der Waals surface area contributed by atoms with Crippen molar-refractivity contribution in [3.63, 3.8) is 0 Å². The fraction of sp³-hybridized carbons (Fsp3) is 0.667. The van der Waals surface area contributed by atoms with Crippen LogP contribution in [0.5, 0.6) is 0 Å². The van der Waals surface area contributed by atoms with Gasteiger partial charge in [-0.25, -0.2) is 18.7 Å². The van der Waals surface area contributed by atoms with Gasteiger partial charge >= 0.3 is 0 Å². The van der Waals surface area contributed by atoms with E-state index in [4.69, 9.17) is 9.97 Å². The molecule has 10 heteroatoms. The van der Waals surface area contributed by atoms with Gasteiger partial charge in [-0.1, -0.05) is 220 Å². The van der Waals surface area contributed by atoms with Crippen LogP contribution in [0.2, 0.25) is 0 Å². The molecule has 0 N–H and O–H groups in total. The van der Waals surface area contributed by atoms with Crippen molar-refractivity contribution in [1.29, 1.82) is 0 Å². The number of fused-ring (bicyclic) bond motifs is 4. The van der Waals surface area contributed by atoms with E-state index < -0.39 is 46.4 Å². The van der Waals surface area contributed by atoms with Crippen LogP contribution >= 0.6 is 0 Å². The Labute approximate surface area is 418 Å². The molecule has 0 saturated carbocycles. The lowest BCUT2D eigenvalue weighted by Crippen LogP contribution is -2.47. The number of rotatable bonds is 36. The van der Waals surface area contributed by atoms with Crippen molar-refractivity contribution >= 4 is 56.5 Å². The first-order valence-corrected chi connectivity index (χ1v) is 28.5. The summed E-state index contributed by atoms with van der Waals surface area (Å²) in [7, 11) is 0. The van der Waals surface area contributed by atoms with Crippen molar-refractivity contribution < 1.29 is 28.0 Å². The van der Waals surface area contributed by atoms with E-state index in [2.05, 4.69) is 27.7 Å². The second-order valence-corrected chi connectivity index (χ2v) is 21.1. The Bertz CT molecular complexity index is 2200. The maximum absolute atomic E-state index is 17.1. The number of carbonyl (C=O) groups excluding carboxylic acids is 4. The van der Waals surface area contributed by atoms with Gasteiger partial charge in [-0.15, -0.1) is 0 Å². The predicted molar refractivity (Wildman–Crippen MR) is 283 cm³/mol. The van der Waals surface area contributed by atoms with Crippen molar-refractivity contribution in [3.05, 3.63) is 58.2 Å². The highest BCUT2D eigenvalue weighted by Crippen LogP contribution is 2.45. The monoisotopic (exact) mass is 965 g/mol. The van der Waals surface area contributed by atoms with Crippen LogP contribution < -0.4 is 0 Å². The summed E-state index contributed by atoms with van der Waals surface area (Å²) in [4.78, 5) is 72.1. The number of unbranched alkanes of at least 4 members (excludes halogenated alkanes) is 24. The Morgan fingerprint density at radius 1 is 0.386 bits per heavy atom. The van der Waals surface area contributed by atoms with Crippen LogP contribution in [0.1, 0.15) is 275 Å². The van der Waals surface area contributed by atoms with Crippen molar-refractivity contribution in [2.75, 3.05) is 13.1 Å². The average Bonchev–Trinajstić information content (AvgIpc) is 3.35. The zero-order valence-electron chi connectivity index (χ0n) is 43.7. The summed E-state index contributed by atoms with van der Waals surface area (Å²) < 4.78 is 34.2. The number of amides is 4. The van der Waals surface area contributed by atoms with E-state index in [1.165, 1.54) is 89.9 Å². The Kier molecular flexibility index (Phi) is 22.5. The second kappa shape index (κ2) is 28.6. The Morgan fingerprint density at radius 2 is 0.643 bits per heavy atom. The van der Waals surface area contributed by atoms with Gasteiger partial charge in [-0.2, -0.15) is 0 Å². The van der Waals surface area contributed by atoms with E-state index in [1.807, 2.05) is 0 Å². The summed E-state index contributed by atoms with van der Waals surface area (Å²) in [6.07, 6.45) is 35.0. The molecular weight excluding hydrogens is 879 g/mol. The fourth-order valence-corrected chi connectivity index (χ4v) is 11.4. The molecule has 6 rings (SSSR count). The van der Waals surface area contributed by atoms with E-state index in [-0.39, 0.29) is 57.9 Å². The minimum absolute atomic E-state index is 0.0356. The summed E-state index contributed by atoms with van der Waals surface area (Å²) in [5, 5.41) is -0.404. The highest BCUT2D eigenvalue weighted by atomic mass is 19.2. The molecule has 70 heavy (non-hydrogen) atoms. The third-order valence-electron chi connectivity index (χ3n) is 15.5. The van der Waals surface area contributed by atoms with Gasteiger partial charge in [0.2, 0.25) is 0 Å². The van der Waals surface area contributed by atoms with Gasteiger partial charge in [0.15, 0.2) is 11.6 Å². The summed E-state index contributed by atoms with van der Waals surface area (Å²) in [5.41, 5.74) is -0.402. The number of aromatic nitrogens is 2. The quantitative estimate of drug-likeness (QED) is 0.0256. The lowest BCUT2D eigenvalue weighted by molar-refractivity contribution is 0.0552. The molecule has 1 aromatic heterocycles. The number of benzene rings is 3. The van der Waals surface area contributed by atoms with E-state index in [0.29, 0.717) is 11.0 Å². The van der Waals surface area contributed by atoms with E-state index in [9.17, 15) is 9.59 Å². The van der Waals surface area contributed by atoms with Crippen molar-refractivity contribution in [2.24, 2.45) is 11.8 Å². The van der Waals surface area contributed by atoms with Gasteiger partial charge < -0.3 is 0 Å². The Morgan fingerprint density at radius 3 is 0.929 bits per heavy atom. The average molecular weight is 965 g/mol. The number of halogens is 2. The second-order valence-electron chi connectivity index (χ2n) is 21.1. The molecule has 0 aliphatic carbocycles. The SMILES string of the molecule is CCCCCCCCCCC(CCCCCCCC)CN1C(=O)c2c(F)c(F)c3c4c(c5nc6ccccc6nc5c(c24)C1=O)C(=O)N(CC(CCCCCCCC)CCCCCCCCCC)C3=O. The van der Waals surface area contributed by atoms with Crippen LogP contribution in [-0.4, -0.2) is 56.5 Å². The van der Waals surface area contributed by atoms with Crippen LogP contribution in [0, 0.1) is 23.5 Å². The normalized spacial score (nSPS) is 14.6. The first-order valence-electron chi connectivity index (χ1n) is 28.5. The number of hydrogen-bond donors (Lipinski definition) is 0. The van der Waals surface area contributed by atoms with Crippen molar-refractivity contribution in [1.82, 2.24) is 19.8 Å². The van der Waals surface area contributed by atoms with E-state index in [0.717, 1.165) is 125 Å². The summed E-state index contributed by atoms with van der Waals surface area (Å²) >= 11 is 0. The van der Waals surface area contributed by atoms with Gasteiger partial charge in [0.1, 0.15) is 11.0 Å². The van der Waals surface area contributed by atoms with E-state index in [1.54, 1.807) is 24.3 Å². The lowest BCUT2D eigenvalue weighted by Gasteiger charge is -2.35. The summed E-state index contributed by atoms with van der Waals surface area (Å²) in [5.74, 6) is -6.22. The van der Waals surface area contributed by atoms with E-state index >= 15 is 18.4 Å². The van der Waals surface area contributed by atoms with Gasteiger partial charge in [-0.3, -0.25) is 29.0 Å². The molecule has 0 fully saturated rings. The third kappa shape index (κ3) is 13.8. The standard InChI is InChI=1S/C60H86F2N4O4/c1-5-9-13-17-21-23-27-31-37-43(35-29-25-19-15-11-7-3)41-65-57(67)49-47-48-50(54(62)53(49)61)58(68)66(42-44(36-30-26-20-16-12-8-4)38-32-28-24-22-18-14-10-6-2)60(70)52(48)56-55(51(47)59(65)69)63-45-39-33-34-40-46(45)64-56/h33-34,39-40,43-44H,5-32,35-38,41-42H2,1-4H3. The maximum atomic E-state index is 17.1. The molecular formula is C60H86F2N4O4. The number of imide groups is 2. The van der Waals surface area contributed by atoms with Crippen LogP contribution in [0.4, 0.5) is 8.78 Å². The fourth-order valence-electron chi connectivity index (χ4n) is 11.4. The first kappa shape index (κ1) is 55.0. The van der Waals surface area contributed by atoms with Crippen LogP contribution in [0.3, 0.4) is 0 Å². The van der Waals surface area contributed by atoms with Crippen LogP contribution in [0.15, 0.2) is 24.3 Å². The summed E-state index contributed by atoms with van der Waals surface area (Å²) in [6, 6.07) is 7.12. The van der Waals surface area contributed by atoms with Gasteiger partial charge in [-0.05, 0) is 49.7 Å². The van der Waals surface area contributed by atoms with Crippen LogP contribution in [0.25, 0.3) is 32.8 Å². The largest absolute Gasteiger partial charge is 0.274 e. The zero-order valence-corrected chi connectivity index (χ0v) is 43.7. The molecule has 2 aliphatic rings. The number of para-hydroxylation sites is 2. The minimum Gasteiger partial charge on any atom is -0.274 e. The molecule has 0 spiro atoms. The van der Waals surface area contributed by atoms with Gasteiger partial charge in [0.25, 0.3) is 23.6 Å². The molecule has 2 atom stereocenters. The molecule has 0 bridgehead atoms. The van der Waals surface area contributed by atoms with Crippen molar-refractivity contribution in [2.45, 2.75) is 233 Å². The molecule has 384 valence electrons. The Hall–Kier alpha value is -4.34. The number of hydrogen-bond acceptors (Lipinski definition) is 6. The molecule has 2 unspecified atom stereocenters. The highest BCUT2D eigenvalue weighted by molar-refractivity contribution is 6.38. The molecule has 4 aromatic rings. The topological polar surface area (TPSA) is 101 Å². The molecule has 0 saturated heterocycles.